The van der Waals surface area contributed by atoms with Crippen molar-refractivity contribution >= 4 is 41.7 Å². The lowest BCUT2D eigenvalue weighted by atomic mass is 9.80. The molecule has 2 aromatic heterocycles. The van der Waals surface area contributed by atoms with Crippen LogP contribution in [0.1, 0.15) is 80.1 Å². The summed E-state index contributed by atoms with van der Waals surface area (Å²) >= 11 is 0. The minimum Gasteiger partial charge on any atom is -0.358 e. The summed E-state index contributed by atoms with van der Waals surface area (Å²) in [7, 11) is 0. The number of carbonyl (C=O) groups excluding carboxylic acids is 2. The number of nitrogens with zero attached hydrogens (tertiary/aromatic N) is 2. The number of rotatable bonds is 6. The van der Waals surface area contributed by atoms with E-state index in [0.717, 1.165) is 93.5 Å². The van der Waals surface area contributed by atoms with Gasteiger partial charge in [0.1, 0.15) is 6.29 Å². The Labute approximate surface area is 235 Å². The van der Waals surface area contributed by atoms with Crippen LogP contribution >= 0.6 is 0 Å². The Balaban J connectivity index is 1.62. The third-order valence-corrected chi connectivity index (χ3v) is 9.63. The van der Waals surface area contributed by atoms with Crippen molar-refractivity contribution in [2.24, 2.45) is 21.8 Å². The maximum atomic E-state index is 13.4. The molecule has 5 heterocycles. The van der Waals surface area contributed by atoms with Crippen molar-refractivity contribution in [2.45, 2.75) is 79.2 Å². The van der Waals surface area contributed by atoms with E-state index in [9.17, 15) is 9.59 Å². The van der Waals surface area contributed by atoms with E-state index in [-0.39, 0.29) is 23.7 Å². The van der Waals surface area contributed by atoms with Crippen LogP contribution in [0.3, 0.4) is 0 Å². The van der Waals surface area contributed by atoms with E-state index in [1.54, 1.807) is 0 Å². The monoisotopic (exact) mass is 534 g/mol. The number of H-pyrrole nitrogens is 2. The van der Waals surface area contributed by atoms with Crippen molar-refractivity contribution in [1.82, 2.24) is 9.97 Å². The molecule has 1 aliphatic carbocycles. The van der Waals surface area contributed by atoms with Gasteiger partial charge >= 0.3 is 0 Å². The molecule has 4 aliphatic rings. The molecule has 0 saturated carbocycles. The smallest absolute Gasteiger partial charge is 0.169 e. The van der Waals surface area contributed by atoms with Gasteiger partial charge in [-0.1, -0.05) is 26.5 Å². The van der Waals surface area contributed by atoms with E-state index in [0.29, 0.717) is 12.8 Å². The Hall–Kier alpha value is -3.80. The van der Waals surface area contributed by atoms with Gasteiger partial charge in [0.15, 0.2) is 5.78 Å². The highest BCUT2D eigenvalue weighted by atomic mass is 16.1. The first-order chi connectivity index (χ1) is 19.3. The van der Waals surface area contributed by atoms with Gasteiger partial charge in [0.25, 0.3) is 0 Å². The Morgan fingerprint density at radius 2 is 1.90 bits per heavy atom. The van der Waals surface area contributed by atoms with Crippen LogP contribution in [0.2, 0.25) is 0 Å². The standard InChI is InChI=1S/C34H38N4O2/c1-7-21-17(3)25-14-27-19(5)23(11-9-10-12-39)33(37-27)24-13-31(40)32-20(6)28(38-34(24)32)16-30-22(8-2)18(4)26(36-30)15-29(21)35-25/h7,12,15-16,19,23,33,35-36H,1,8-11,13-14H2,2-6H3/b26-15-,30-16-. The fraction of sp³-hybridized carbons (Fsp3) is 0.412. The molecule has 3 aliphatic heterocycles. The average molecular weight is 535 g/mol. The van der Waals surface area contributed by atoms with Gasteiger partial charge in [-0.25, -0.2) is 4.99 Å². The van der Waals surface area contributed by atoms with E-state index in [1.165, 1.54) is 16.7 Å². The van der Waals surface area contributed by atoms with Crippen molar-refractivity contribution in [1.29, 1.82) is 0 Å². The zero-order valence-electron chi connectivity index (χ0n) is 24.2. The van der Waals surface area contributed by atoms with Crippen molar-refractivity contribution in [2.75, 3.05) is 0 Å². The predicted molar refractivity (Wildman–Crippen MR) is 162 cm³/mol. The van der Waals surface area contributed by atoms with Crippen molar-refractivity contribution < 1.29 is 9.59 Å². The van der Waals surface area contributed by atoms with Gasteiger partial charge in [-0.3, -0.25) is 9.79 Å². The number of fused-ring (bicyclic) bond motifs is 6. The molecule has 0 aromatic carbocycles. The molecule has 0 saturated heterocycles. The van der Waals surface area contributed by atoms with Gasteiger partial charge in [-0.2, -0.15) is 0 Å². The summed E-state index contributed by atoms with van der Waals surface area (Å²) in [6.07, 6.45) is 11.5. The Morgan fingerprint density at radius 3 is 2.62 bits per heavy atom. The van der Waals surface area contributed by atoms with Gasteiger partial charge in [-0.05, 0) is 91.9 Å². The molecule has 206 valence electrons. The van der Waals surface area contributed by atoms with Gasteiger partial charge in [0.2, 0.25) is 0 Å². The second kappa shape index (κ2) is 9.99. The van der Waals surface area contributed by atoms with E-state index in [2.05, 4.69) is 56.4 Å². The first-order valence-corrected chi connectivity index (χ1v) is 14.6. The number of nitrogens with one attached hydrogen (secondary N) is 2. The first-order valence-electron chi connectivity index (χ1n) is 14.6. The lowest BCUT2D eigenvalue weighted by Gasteiger charge is -2.23. The fourth-order valence-electron chi connectivity index (χ4n) is 7.28. The molecule has 0 fully saturated rings. The lowest BCUT2D eigenvalue weighted by molar-refractivity contribution is -0.114. The molecule has 2 N–H and O–H groups in total. The highest BCUT2D eigenvalue weighted by Crippen LogP contribution is 2.45. The van der Waals surface area contributed by atoms with Crippen molar-refractivity contribution in [3.05, 3.63) is 73.3 Å². The van der Waals surface area contributed by atoms with Crippen LogP contribution < -0.4 is 10.7 Å². The zero-order chi connectivity index (χ0) is 28.3. The number of aromatic amines is 2. The number of allylic oxidation sites excluding steroid dienone is 2. The van der Waals surface area contributed by atoms with E-state index < -0.39 is 0 Å². The summed E-state index contributed by atoms with van der Waals surface area (Å²) in [5.74, 6) is 0.624. The third kappa shape index (κ3) is 3.99. The molecular formula is C34H38N4O2. The molecule has 6 nitrogen and oxygen atoms in total. The highest BCUT2D eigenvalue weighted by Gasteiger charge is 2.44. The molecule has 3 unspecified atom stereocenters. The number of hydrogen-bond acceptors (Lipinski definition) is 4. The van der Waals surface area contributed by atoms with Crippen LogP contribution in [0.5, 0.6) is 0 Å². The molecule has 6 rings (SSSR count). The summed E-state index contributed by atoms with van der Waals surface area (Å²) < 4.78 is 0. The Morgan fingerprint density at radius 1 is 1.10 bits per heavy atom. The average Bonchev–Trinajstić information content (AvgIpc) is 3.67. The third-order valence-electron chi connectivity index (χ3n) is 9.63. The lowest BCUT2D eigenvalue weighted by Crippen LogP contribution is -2.24. The number of aldehydes is 1. The number of Topliss-reactive ketones (excluding diaryl/α,β-unsaturated/α-hetero) is 1. The number of aliphatic imine (C=N–C) groups is 2. The second-order valence-electron chi connectivity index (χ2n) is 11.7. The molecule has 0 radical (unpaired) electrons. The van der Waals surface area contributed by atoms with Crippen molar-refractivity contribution in [3.63, 3.8) is 0 Å². The number of hydrogen-bond donors (Lipinski definition) is 2. The molecule has 40 heavy (non-hydrogen) atoms. The van der Waals surface area contributed by atoms with E-state index >= 15 is 0 Å². The van der Waals surface area contributed by atoms with Crippen LogP contribution in [-0.4, -0.2) is 39.5 Å². The molecule has 8 bridgehead atoms. The van der Waals surface area contributed by atoms with Crippen molar-refractivity contribution in [3.8, 4) is 0 Å². The SMILES string of the molecule is C=Cc1c2[nH]c(c1C)CC1=NC(C3=C4N=C(/C=c5\[nH]/c(c(C)c5CC)=C\2)C(C)=C4C(=O)C3)C(CCCC=O)C1C. The van der Waals surface area contributed by atoms with Gasteiger partial charge in [0, 0.05) is 58.2 Å². The molecule has 0 amide bonds. The van der Waals surface area contributed by atoms with E-state index in [1.807, 2.05) is 13.0 Å². The van der Waals surface area contributed by atoms with Gasteiger partial charge in [0.05, 0.1) is 17.5 Å². The molecular weight excluding hydrogens is 496 g/mol. The summed E-state index contributed by atoms with van der Waals surface area (Å²) in [6, 6.07) is -0.0948. The molecule has 0 spiro atoms. The minimum absolute atomic E-state index is 0.0948. The number of unbranched alkanes of at least 4 members (excludes halogenated alkanes) is 1. The number of aromatic nitrogens is 2. The largest absolute Gasteiger partial charge is 0.358 e. The summed E-state index contributed by atoms with van der Waals surface area (Å²) in [5, 5.41) is 2.10. The Kier molecular flexibility index (Phi) is 6.60. The Bertz CT molecular complexity index is 1720. The topological polar surface area (TPSA) is 90.4 Å². The van der Waals surface area contributed by atoms with Gasteiger partial charge < -0.3 is 14.8 Å². The number of ketones is 1. The highest BCUT2D eigenvalue weighted by molar-refractivity contribution is 6.28. The maximum Gasteiger partial charge on any atom is 0.169 e. The summed E-state index contributed by atoms with van der Waals surface area (Å²) in [5.41, 5.74) is 12.6. The molecule has 3 atom stereocenters. The molecule has 2 aromatic rings. The zero-order valence-corrected chi connectivity index (χ0v) is 24.2. The molecule has 6 heteroatoms. The quantitative estimate of drug-likeness (QED) is 0.413. The fourth-order valence-corrected chi connectivity index (χ4v) is 7.28. The van der Waals surface area contributed by atoms with E-state index in [4.69, 9.17) is 9.98 Å². The normalized spacial score (nSPS) is 25.0. The predicted octanol–water partition coefficient (Wildman–Crippen LogP) is 4.77. The number of carbonyl (C=O) groups is 2. The minimum atomic E-state index is -0.0948. The first kappa shape index (κ1) is 26.4. The van der Waals surface area contributed by atoms with Crippen LogP contribution in [0.25, 0.3) is 18.2 Å². The summed E-state index contributed by atoms with van der Waals surface area (Å²) in [6.45, 7) is 14.9. The van der Waals surface area contributed by atoms with Crippen LogP contribution in [0.4, 0.5) is 0 Å². The second-order valence-corrected chi connectivity index (χ2v) is 11.7. The summed E-state index contributed by atoms with van der Waals surface area (Å²) in [4.78, 5) is 42.4. The maximum absolute atomic E-state index is 13.4. The van der Waals surface area contributed by atoms with Crippen LogP contribution in [0, 0.1) is 25.7 Å². The van der Waals surface area contributed by atoms with Crippen LogP contribution in [0.15, 0.2) is 39.0 Å². The van der Waals surface area contributed by atoms with Gasteiger partial charge in [-0.15, -0.1) is 0 Å². The van der Waals surface area contributed by atoms with Crippen LogP contribution in [-0.2, 0) is 22.4 Å².